The van der Waals surface area contributed by atoms with Gasteiger partial charge in [-0.2, -0.15) is 0 Å². The number of carboxylic acids is 2. The van der Waals surface area contributed by atoms with Crippen LogP contribution in [-0.2, 0) is 38.6 Å². The van der Waals surface area contributed by atoms with Gasteiger partial charge < -0.3 is 26.0 Å². The summed E-state index contributed by atoms with van der Waals surface area (Å²) in [6, 6.07) is 16.1. The molecule has 0 spiro atoms. The summed E-state index contributed by atoms with van der Waals surface area (Å²) in [5, 5.41) is 28.9. The Morgan fingerprint density at radius 3 is 2.10 bits per heavy atom. The number of carbonyl (C=O) groups is 5. The molecule has 1 atom stereocenters. The van der Waals surface area contributed by atoms with Crippen molar-refractivity contribution in [3.63, 3.8) is 0 Å². The molecule has 0 heterocycles. The minimum atomic E-state index is -1.82. The number of aliphatic carboxylic acids is 1. The van der Waals surface area contributed by atoms with E-state index >= 15 is 0 Å². The van der Waals surface area contributed by atoms with E-state index in [1.807, 2.05) is 0 Å². The van der Waals surface area contributed by atoms with Crippen LogP contribution in [-0.4, -0.2) is 62.5 Å². The Morgan fingerprint density at radius 1 is 0.902 bits per heavy atom. The molecule has 0 fully saturated rings. The van der Waals surface area contributed by atoms with E-state index in [4.69, 9.17) is 5.73 Å². The van der Waals surface area contributed by atoms with E-state index in [0.29, 0.717) is 11.1 Å². The Kier molecular flexibility index (Phi) is 10.3. The average molecular weight is 626 g/mol. The first-order valence-electron chi connectivity index (χ1n) is 12.4. The Morgan fingerprint density at radius 2 is 1.54 bits per heavy atom. The Bertz CT molecular complexity index is 1480. The second kappa shape index (κ2) is 13.7. The third kappa shape index (κ3) is 7.56. The normalized spacial score (nSPS) is 11.4. The standard InChI is InChI=1S/C29H28BrN3O8/c1-17(35)32(16-18-6-9-21(30)10-7-18)25(26(31)36)15-19-8-11-23(20(14-19)12-13-34)33(27(37)29(40)41)24-5-3-2-4-22(24)28(38)39/h2-11,14,25,34H,12-13,15-16H2,1H3,(H2,31,36)(H,38,39)(H,40,41)/t25-/m0/s1. The van der Waals surface area contributed by atoms with Crippen molar-refractivity contribution < 1.29 is 39.3 Å². The number of halogens is 1. The van der Waals surface area contributed by atoms with Gasteiger partial charge in [-0.25, -0.2) is 9.59 Å². The van der Waals surface area contributed by atoms with E-state index in [0.717, 1.165) is 14.9 Å². The molecule has 0 aliphatic carbocycles. The van der Waals surface area contributed by atoms with Crippen molar-refractivity contribution in [1.82, 2.24) is 4.90 Å². The lowest BCUT2D eigenvalue weighted by atomic mass is 9.97. The lowest BCUT2D eigenvalue weighted by Gasteiger charge is -2.30. The smallest absolute Gasteiger partial charge is 0.395 e. The molecule has 3 aromatic carbocycles. The van der Waals surface area contributed by atoms with Crippen LogP contribution in [0.15, 0.2) is 71.2 Å². The minimum absolute atomic E-state index is 0.0112. The quantitative estimate of drug-likeness (QED) is 0.235. The summed E-state index contributed by atoms with van der Waals surface area (Å²) >= 11 is 3.36. The number of rotatable bonds is 11. The molecule has 5 N–H and O–H groups in total. The largest absolute Gasteiger partial charge is 0.478 e. The zero-order valence-electron chi connectivity index (χ0n) is 22.0. The highest BCUT2D eigenvalue weighted by atomic mass is 79.9. The molecule has 3 aromatic rings. The van der Waals surface area contributed by atoms with Crippen molar-refractivity contribution in [2.45, 2.75) is 32.4 Å². The molecule has 0 aromatic heterocycles. The Hall–Kier alpha value is -4.55. The first-order chi connectivity index (χ1) is 19.4. The molecule has 41 heavy (non-hydrogen) atoms. The fourth-order valence-corrected chi connectivity index (χ4v) is 4.68. The number of aromatic carboxylic acids is 1. The first kappa shape index (κ1) is 31.0. The molecule has 0 unspecified atom stereocenters. The van der Waals surface area contributed by atoms with Crippen LogP contribution in [0, 0.1) is 0 Å². The molecule has 11 nitrogen and oxygen atoms in total. The molecule has 0 radical (unpaired) electrons. The molecule has 0 bridgehead atoms. The van der Waals surface area contributed by atoms with Crippen molar-refractivity contribution in [2.24, 2.45) is 5.73 Å². The predicted octanol–water partition coefficient (Wildman–Crippen LogP) is 2.88. The third-order valence-corrected chi connectivity index (χ3v) is 6.86. The minimum Gasteiger partial charge on any atom is -0.478 e. The zero-order chi connectivity index (χ0) is 30.3. The highest BCUT2D eigenvalue weighted by Gasteiger charge is 2.31. The van der Waals surface area contributed by atoms with Crippen molar-refractivity contribution in [3.8, 4) is 0 Å². The number of carbonyl (C=O) groups excluding carboxylic acids is 3. The van der Waals surface area contributed by atoms with Gasteiger partial charge in [0.1, 0.15) is 6.04 Å². The van der Waals surface area contributed by atoms with Crippen molar-refractivity contribution in [1.29, 1.82) is 0 Å². The number of benzene rings is 3. The van der Waals surface area contributed by atoms with Crippen LogP contribution in [0.1, 0.15) is 34.0 Å². The summed E-state index contributed by atoms with van der Waals surface area (Å²) in [6.45, 7) is 1.06. The van der Waals surface area contributed by atoms with Gasteiger partial charge in [-0.05, 0) is 53.4 Å². The number of para-hydroxylation sites is 1. The van der Waals surface area contributed by atoms with Gasteiger partial charge in [0, 0.05) is 31.0 Å². The van der Waals surface area contributed by atoms with Crippen molar-refractivity contribution in [3.05, 3.63) is 93.5 Å². The molecule has 3 amide bonds. The highest BCUT2D eigenvalue weighted by Crippen LogP contribution is 2.33. The van der Waals surface area contributed by atoms with Gasteiger partial charge in [-0.1, -0.05) is 52.3 Å². The van der Waals surface area contributed by atoms with Gasteiger partial charge in [0.2, 0.25) is 11.8 Å². The van der Waals surface area contributed by atoms with Crippen LogP contribution in [0.25, 0.3) is 0 Å². The van der Waals surface area contributed by atoms with Gasteiger partial charge in [-0.3, -0.25) is 19.3 Å². The number of carboxylic acid groups (broad SMARTS) is 2. The topological polar surface area (TPSA) is 179 Å². The number of aliphatic hydroxyl groups excluding tert-OH is 1. The van der Waals surface area contributed by atoms with Gasteiger partial charge >= 0.3 is 17.8 Å². The predicted molar refractivity (Wildman–Crippen MR) is 152 cm³/mol. The number of hydrogen-bond acceptors (Lipinski definition) is 6. The second-order valence-electron chi connectivity index (χ2n) is 9.10. The van der Waals surface area contributed by atoms with E-state index in [2.05, 4.69) is 15.9 Å². The number of anilines is 2. The van der Waals surface area contributed by atoms with E-state index in [1.54, 1.807) is 30.3 Å². The molecule has 0 saturated heterocycles. The van der Waals surface area contributed by atoms with Gasteiger partial charge in [0.25, 0.3) is 0 Å². The van der Waals surface area contributed by atoms with Gasteiger partial charge in [0.05, 0.1) is 16.9 Å². The maximum absolute atomic E-state index is 12.8. The molecule has 0 aliphatic heterocycles. The van der Waals surface area contributed by atoms with E-state index in [1.165, 1.54) is 48.2 Å². The molecule has 0 aliphatic rings. The average Bonchev–Trinajstić information content (AvgIpc) is 2.92. The Balaban J connectivity index is 2.07. The molecular weight excluding hydrogens is 598 g/mol. The molecule has 0 saturated carbocycles. The number of primary amides is 1. The molecule has 12 heteroatoms. The maximum atomic E-state index is 12.8. The van der Waals surface area contributed by atoms with E-state index < -0.39 is 29.8 Å². The number of nitrogens with two attached hydrogens (primary N) is 1. The zero-order valence-corrected chi connectivity index (χ0v) is 23.6. The lowest BCUT2D eigenvalue weighted by Crippen LogP contribution is -2.48. The van der Waals surface area contributed by atoms with Gasteiger partial charge in [-0.15, -0.1) is 0 Å². The number of amides is 3. The summed E-state index contributed by atoms with van der Waals surface area (Å²) < 4.78 is 0.847. The Labute approximate surface area is 243 Å². The van der Waals surface area contributed by atoms with Crippen LogP contribution in [0.3, 0.4) is 0 Å². The van der Waals surface area contributed by atoms with Crippen molar-refractivity contribution >= 4 is 57.0 Å². The fraction of sp³-hybridized carbons (Fsp3) is 0.207. The van der Waals surface area contributed by atoms with Gasteiger partial charge in [0.15, 0.2) is 0 Å². The SMILES string of the molecule is CC(=O)N(Cc1ccc(Br)cc1)[C@@H](Cc1ccc(N(C(=O)C(=O)O)c2ccccc2C(=O)O)c(CCO)c1)C(N)=O. The van der Waals surface area contributed by atoms with E-state index in [-0.39, 0.29) is 48.8 Å². The summed E-state index contributed by atoms with van der Waals surface area (Å²) in [6.07, 6.45) is -0.0406. The second-order valence-corrected chi connectivity index (χ2v) is 10.0. The first-order valence-corrected chi connectivity index (χ1v) is 13.2. The lowest BCUT2D eigenvalue weighted by molar-refractivity contribution is -0.148. The molecule has 3 rings (SSSR count). The highest BCUT2D eigenvalue weighted by molar-refractivity contribution is 9.10. The van der Waals surface area contributed by atoms with Crippen LogP contribution in [0.5, 0.6) is 0 Å². The summed E-state index contributed by atoms with van der Waals surface area (Å²) in [5.74, 6) is -5.72. The van der Waals surface area contributed by atoms with E-state index in [9.17, 15) is 39.3 Å². The summed E-state index contributed by atoms with van der Waals surface area (Å²) in [7, 11) is 0. The maximum Gasteiger partial charge on any atom is 0.395 e. The summed E-state index contributed by atoms with van der Waals surface area (Å²) in [5.41, 5.74) is 6.87. The summed E-state index contributed by atoms with van der Waals surface area (Å²) in [4.78, 5) is 63.7. The van der Waals surface area contributed by atoms with Crippen LogP contribution < -0.4 is 10.6 Å². The molecule has 214 valence electrons. The third-order valence-electron chi connectivity index (χ3n) is 6.33. The molecular formula is C29H28BrN3O8. The van der Waals surface area contributed by atoms with Crippen LogP contribution >= 0.6 is 15.9 Å². The number of hydrogen-bond donors (Lipinski definition) is 4. The number of aliphatic hydroxyl groups is 1. The number of nitrogens with zero attached hydrogens (tertiary/aromatic N) is 2. The van der Waals surface area contributed by atoms with Crippen LogP contribution in [0.4, 0.5) is 11.4 Å². The van der Waals surface area contributed by atoms with Crippen LogP contribution in [0.2, 0.25) is 0 Å². The monoisotopic (exact) mass is 625 g/mol. The fourth-order valence-electron chi connectivity index (χ4n) is 4.41. The van der Waals surface area contributed by atoms with Crippen molar-refractivity contribution in [2.75, 3.05) is 11.5 Å².